The van der Waals surface area contributed by atoms with Crippen LogP contribution in [-0.4, -0.2) is 58.4 Å². The molecule has 0 radical (unpaired) electrons. The van der Waals surface area contributed by atoms with Crippen LogP contribution in [0.5, 0.6) is 0 Å². The van der Waals surface area contributed by atoms with Crippen molar-refractivity contribution < 1.29 is 38.1 Å². The zero-order valence-electron chi connectivity index (χ0n) is 26.9. The minimum absolute atomic E-state index is 0.149. The average molecular weight is 663 g/mol. The fourth-order valence-corrected chi connectivity index (χ4v) is 5.37. The Morgan fingerprint density at radius 1 is 0.898 bits per heavy atom. The number of nitrogens with zero attached hydrogens (tertiary/aromatic N) is 5. The summed E-state index contributed by atoms with van der Waals surface area (Å²) in [6, 6.07) is 21.4. The van der Waals surface area contributed by atoms with Crippen molar-refractivity contribution in [1.82, 2.24) is 10.2 Å². The van der Waals surface area contributed by atoms with Crippen molar-refractivity contribution in [2.75, 3.05) is 6.61 Å². The zero-order valence-corrected chi connectivity index (χ0v) is 26.9. The number of benzene rings is 3. The van der Waals surface area contributed by atoms with Crippen LogP contribution in [0, 0.1) is 32.1 Å². The summed E-state index contributed by atoms with van der Waals surface area (Å²) in [7, 11) is 0. The SMILES string of the molecule is Cc1ccc(C(=O)OC[C@H]2O[C@@H](c3[nH]nc(C#N)c3C(=O)N=[N+]=[N-])[C@](C)(OC(=O)c3ccc(C)cc3)[C@@H]2OC(=O)c2ccc(C)cc2)cc1. The molecule has 14 nitrogen and oxygen atoms in total. The molecule has 1 aromatic heterocycles. The maximum Gasteiger partial charge on any atom is 0.338 e. The number of aromatic nitrogens is 2. The lowest BCUT2D eigenvalue weighted by Crippen LogP contribution is -2.50. The Kier molecular flexibility index (Phi) is 9.89. The van der Waals surface area contributed by atoms with Crippen molar-refractivity contribution >= 4 is 23.8 Å². The van der Waals surface area contributed by atoms with Crippen molar-refractivity contribution in [2.24, 2.45) is 5.11 Å². The predicted molar refractivity (Wildman–Crippen MR) is 171 cm³/mol. The van der Waals surface area contributed by atoms with Crippen LogP contribution in [0.3, 0.4) is 0 Å². The van der Waals surface area contributed by atoms with Gasteiger partial charge in [-0.15, -0.1) is 0 Å². The molecule has 0 aliphatic carbocycles. The summed E-state index contributed by atoms with van der Waals surface area (Å²) < 4.78 is 24.0. The maximum absolute atomic E-state index is 13.7. The van der Waals surface area contributed by atoms with E-state index in [1.54, 1.807) is 78.9 Å². The molecule has 3 aromatic carbocycles. The van der Waals surface area contributed by atoms with Gasteiger partial charge >= 0.3 is 17.9 Å². The molecule has 1 aliphatic heterocycles. The van der Waals surface area contributed by atoms with Crippen LogP contribution in [0.15, 0.2) is 77.9 Å². The maximum atomic E-state index is 13.7. The van der Waals surface area contributed by atoms with E-state index in [-0.39, 0.29) is 22.4 Å². The largest absolute Gasteiger partial charge is 0.459 e. The molecule has 4 atom stereocenters. The number of carbonyl (C=O) groups excluding carboxylic acids is 4. The molecular formula is C35H30N6O8. The van der Waals surface area contributed by atoms with Gasteiger partial charge in [-0.25, -0.2) is 14.4 Å². The number of nitrogens with one attached hydrogen (secondary N) is 1. The van der Waals surface area contributed by atoms with E-state index in [0.717, 1.165) is 16.7 Å². The van der Waals surface area contributed by atoms with Crippen molar-refractivity contribution in [2.45, 2.75) is 51.6 Å². The fourth-order valence-electron chi connectivity index (χ4n) is 5.37. The highest BCUT2D eigenvalue weighted by Crippen LogP contribution is 2.47. The van der Waals surface area contributed by atoms with Gasteiger partial charge < -0.3 is 18.9 Å². The Balaban J connectivity index is 1.60. The first kappa shape index (κ1) is 34.1. The van der Waals surface area contributed by atoms with Gasteiger partial charge in [0.15, 0.2) is 17.4 Å². The standard InChI is InChI=1S/C35H30N6O8/c1-19-5-11-22(12-6-19)32(43)46-18-26-29(48-33(44)23-13-7-20(2)8-14-23)35(4,49-34(45)24-15-9-21(3)10-16-24)30(47-26)28-27(31(42)40-41-37)25(17-36)38-39-28/h5-16,26,29-30H,18H2,1-4H3,(H,38,39)/t26-,29-,30+,35-/m1/s1. The van der Waals surface area contributed by atoms with E-state index in [1.807, 2.05) is 20.8 Å². The number of ether oxygens (including phenoxy) is 4. The van der Waals surface area contributed by atoms with Crippen LogP contribution >= 0.6 is 0 Å². The Hall–Kier alpha value is -6.29. The fraction of sp³-hybridized carbons (Fsp3) is 0.257. The van der Waals surface area contributed by atoms with Crippen molar-refractivity contribution in [3.05, 3.63) is 134 Å². The second kappa shape index (κ2) is 14.2. The number of hydrogen-bond acceptors (Lipinski definition) is 10. The van der Waals surface area contributed by atoms with Crippen LogP contribution in [0.2, 0.25) is 0 Å². The minimum Gasteiger partial charge on any atom is -0.459 e. The van der Waals surface area contributed by atoms with Crippen LogP contribution in [0.25, 0.3) is 10.4 Å². The third-order valence-corrected chi connectivity index (χ3v) is 8.03. The average Bonchev–Trinajstić information content (AvgIpc) is 3.62. The van der Waals surface area contributed by atoms with E-state index < -0.39 is 65.6 Å². The first-order valence-electron chi connectivity index (χ1n) is 15.0. The number of azide groups is 1. The highest BCUT2D eigenvalue weighted by Gasteiger charge is 2.61. The van der Waals surface area contributed by atoms with Crippen molar-refractivity contribution in [3.8, 4) is 6.07 Å². The number of rotatable bonds is 9. The second-order valence-corrected chi connectivity index (χ2v) is 11.6. The van der Waals surface area contributed by atoms with Gasteiger partial charge in [0, 0.05) is 4.91 Å². The first-order chi connectivity index (χ1) is 23.4. The summed E-state index contributed by atoms with van der Waals surface area (Å²) in [6.45, 7) is 6.47. The highest BCUT2D eigenvalue weighted by molar-refractivity contribution is 5.98. The summed E-state index contributed by atoms with van der Waals surface area (Å²) in [4.78, 5) is 55.8. The van der Waals surface area contributed by atoms with Gasteiger partial charge in [0.05, 0.1) is 27.9 Å². The number of carbonyl (C=O) groups is 4. The monoisotopic (exact) mass is 662 g/mol. The third-order valence-electron chi connectivity index (χ3n) is 8.03. The van der Waals surface area contributed by atoms with Crippen LogP contribution < -0.4 is 0 Å². The number of esters is 3. The van der Waals surface area contributed by atoms with E-state index in [1.165, 1.54) is 6.92 Å². The Morgan fingerprint density at radius 2 is 1.41 bits per heavy atom. The van der Waals surface area contributed by atoms with Crippen LogP contribution in [0.4, 0.5) is 0 Å². The summed E-state index contributed by atoms with van der Waals surface area (Å²) >= 11 is 0. The molecule has 49 heavy (non-hydrogen) atoms. The molecule has 1 fully saturated rings. The predicted octanol–water partition coefficient (Wildman–Crippen LogP) is 5.80. The molecule has 4 aromatic rings. The number of aryl methyl sites for hydroxylation is 3. The van der Waals surface area contributed by atoms with Gasteiger partial charge in [0.25, 0.3) is 5.91 Å². The lowest BCUT2D eigenvalue weighted by molar-refractivity contribution is -0.0897. The molecule has 14 heteroatoms. The quantitative estimate of drug-likeness (QED) is 0.0749. The minimum atomic E-state index is -1.96. The molecule has 1 saturated heterocycles. The molecule has 0 saturated carbocycles. The van der Waals surface area contributed by atoms with E-state index in [0.29, 0.717) is 0 Å². The van der Waals surface area contributed by atoms with Crippen molar-refractivity contribution in [3.63, 3.8) is 0 Å². The highest BCUT2D eigenvalue weighted by atomic mass is 16.7. The molecule has 0 bridgehead atoms. The van der Waals surface area contributed by atoms with Gasteiger partial charge in [-0.05, 0) is 74.7 Å². The lowest BCUT2D eigenvalue weighted by Gasteiger charge is -2.34. The Morgan fingerprint density at radius 3 is 1.92 bits per heavy atom. The van der Waals surface area contributed by atoms with E-state index in [2.05, 4.69) is 20.2 Å². The summed E-state index contributed by atoms with van der Waals surface area (Å²) in [5.41, 5.74) is 9.22. The number of amides is 1. The molecule has 2 heterocycles. The number of H-pyrrole nitrogens is 1. The summed E-state index contributed by atoms with van der Waals surface area (Å²) in [5, 5.41) is 19.3. The number of nitriles is 1. The van der Waals surface area contributed by atoms with E-state index in [9.17, 15) is 24.4 Å². The smallest absolute Gasteiger partial charge is 0.338 e. The normalized spacial score (nSPS) is 19.6. The van der Waals surface area contributed by atoms with Gasteiger partial charge in [-0.1, -0.05) is 53.1 Å². The van der Waals surface area contributed by atoms with E-state index in [4.69, 9.17) is 24.5 Å². The number of aromatic amines is 1. The van der Waals surface area contributed by atoms with Crippen molar-refractivity contribution in [1.29, 1.82) is 5.26 Å². The Labute approximate surface area is 280 Å². The molecular weight excluding hydrogens is 632 g/mol. The van der Waals surface area contributed by atoms with Crippen LogP contribution in [0.1, 0.15) is 82.5 Å². The molecule has 248 valence electrons. The summed E-state index contributed by atoms with van der Waals surface area (Å²) in [6.07, 6.45) is -4.26. The molecule has 1 amide bonds. The topological polar surface area (TPSA) is 206 Å². The molecule has 1 aliphatic rings. The zero-order chi connectivity index (χ0) is 35.3. The molecule has 0 unspecified atom stereocenters. The first-order valence-corrected chi connectivity index (χ1v) is 15.0. The molecule has 1 N–H and O–H groups in total. The van der Waals surface area contributed by atoms with Gasteiger partial charge in [0.1, 0.15) is 24.9 Å². The summed E-state index contributed by atoms with van der Waals surface area (Å²) in [5.74, 6) is -3.52. The number of hydrogen-bond donors (Lipinski definition) is 1. The molecule has 0 spiro atoms. The van der Waals surface area contributed by atoms with Gasteiger partial charge in [0.2, 0.25) is 0 Å². The van der Waals surface area contributed by atoms with E-state index >= 15 is 0 Å². The lowest BCUT2D eigenvalue weighted by atomic mass is 9.88. The second-order valence-electron chi connectivity index (χ2n) is 11.6. The van der Waals surface area contributed by atoms with Gasteiger partial charge in [-0.2, -0.15) is 10.4 Å². The van der Waals surface area contributed by atoms with Gasteiger partial charge in [-0.3, -0.25) is 9.89 Å². The van der Waals surface area contributed by atoms with Crippen LogP contribution in [-0.2, 0) is 18.9 Å². The molecule has 5 rings (SSSR count). The third kappa shape index (κ3) is 7.18. The Bertz CT molecular complexity index is 1990.